The van der Waals surface area contributed by atoms with Gasteiger partial charge in [-0.2, -0.15) is 0 Å². The molecule has 3 N–H and O–H groups in total. The van der Waals surface area contributed by atoms with Crippen molar-refractivity contribution in [3.8, 4) is 0 Å². The number of hydrogen-bond donors (Lipinski definition) is 2. The summed E-state index contributed by atoms with van der Waals surface area (Å²) in [6.07, 6.45) is 1.46. The topological polar surface area (TPSA) is 103 Å². The third kappa shape index (κ3) is 2.77. The molecule has 0 unspecified atom stereocenters. The zero-order valence-corrected chi connectivity index (χ0v) is 8.71. The Kier molecular flexibility index (Phi) is 3.96. The monoisotopic (exact) mass is 224 g/mol. The summed E-state index contributed by atoms with van der Waals surface area (Å²) in [5.41, 5.74) is 5.85. The van der Waals surface area contributed by atoms with Crippen LogP contribution in [0.2, 0.25) is 0 Å². The Labute approximate surface area is 92.0 Å². The molecule has 0 aliphatic heterocycles. The van der Waals surface area contributed by atoms with Gasteiger partial charge in [0.2, 0.25) is 0 Å². The first kappa shape index (κ1) is 12.1. The number of pyridine rings is 1. The molecule has 0 aliphatic rings. The van der Waals surface area contributed by atoms with Gasteiger partial charge in [0.15, 0.2) is 5.69 Å². The molecule has 1 heterocycles. The van der Waals surface area contributed by atoms with Crippen LogP contribution in [0.25, 0.3) is 0 Å². The molecule has 0 radical (unpaired) electrons. The number of hydrogen-bond acceptors (Lipinski definition) is 5. The predicted octanol–water partition coefficient (Wildman–Crippen LogP) is -0.177. The quantitative estimate of drug-likeness (QED) is 0.688. The maximum Gasteiger partial charge on any atom is 0.354 e. The highest BCUT2D eigenvalue weighted by Crippen LogP contribution is 2.08. The molecule has 16 heavy (non-hydrogen) atoms. The van der Waals surface area contributed by atoms with Gasteiger partial charge in [-0.05, 0) is 11.6 Å². The predicted molar refractivity (Wildman–Crippen MR) is 54.9 cm³/mol. The first-order chi connectivity index (χ1) is 7.56. The van der Waals surface area contributed by atoms with E-state index in [-0.39, 0.29) is 12.1 Å². The Morgan fingerprint density at radius 2 is 2.31 bits per heavy atom. The van der Waals surface area contributed by atoms with Crippen LogP contribution in [0.5, 0.6) is 0 Å². The van der Waals surface area contributed by atoms with E-state index >= 15 is 0 Å². The molecule has 86 valence electrons. The number of esters is 1. The van der Waals surface area contributed by atoms with Gasteiger partial charge in [0.1, 0.15) is 6.04 Å². The maximum absolute atomic E-state index is 11.1. The molecule has 0 aromatic carbocycles. The van der Waals surface area contributed by atoms with Crippen LogP contribution >= 0.6 is 0 Å². The van der Waals surface area contributed by atoms with Crippen LogP contribution in [0, 0.1) is 0 Å². The van der Waals surface area contributed by atoms with E-state index in [1.54, 1.807) is 12.1 Å². The smallest absolute Gasteiger partial charge is 0.354 e. The molecule has 6 nitrogen and oxygen atoms in total. The van der Waals surface area contributed by atoms with Gasteiger partial charge in [-0.25, -0.2) is 9.78 Å². The summed E-state index contributed by atoms with van der Waals surface area (Å²) in [6, 6.07) is 2.28. The molecule has 1 atom stereocenters. The van der Waals surface area contributed by atoms with Crippen LogP contribution in [-0.2, 0) is 16.0 Å². The second-order valence-electron chi connectivity index (χ2n) is 3.15. The van der Waals surface area contributed by atoms with Crippen LogP contribution in [0.1, 0.15) is 16.1 Å². The van der Waals surface area contributed by atoms with Crippen molar-refractivity contribution in [3.63, 3.8) is 0 Å². The van der Waals surface area contributed by atoms with Crippen LogP contribution in [0.3, 0.4) is 0 Å². The fourth-order valence-electron chi connectivity index (χ4n) is 1.27. The maximum atomic E-state index is 11.1. The first-order valence-corrected chi connectivity index (χ1v) is 4.57. The number of aromatic carboxylic acids is 1. The van der Waals surface area contributed by atoms with Crippen molar-refractivity contribution >= 4 is 11.9 Å². The summed E-state index contributed by atoms with van der Waals surface area (Å²) < 4.78 is 4.45. The van der Waals surface area contributed by atoms with Gasteiger partial charge in [-0.1, -0.05) is 6.07 Å². The SMILES string of the molecule is COC(=O)[C@H](N)Cc1cccnc1C(=O)O. The number of nitrogens with zero attached hydrogens (tertiary/aromatic N) is 1. The highest BCUT2D eigenvalue weighted by molar-refractivity contribution is 5.87. The van der Waals surface area contributed by atoms with Crippen molar-refractivity contribution < 1.29 is 19.4 Å². The summed E-state index contributed by atoms with van der Waals surface area (Å²) >= 11 is 0. The number of aromatic nitrogens is 1. The third-order valence-corrected chi connectivity index (χ3v) is 2.04. The van der Waals surface area contributed by atoms with Gasteiger partial charge in [-0.3, -0.25) is 4.79 Å². The van der Waals surface area contributed by atoms with Gasteiger partial charge in [0.05, 0.1) is 7.11 Å². The molecule has 0 aliphatic carbocycles. The van der Waals surface area contributed by atoms with E-state index < -0.39 is 18.0 Å². The minimum atomic E-state index is -1.15. The van der Waals surface area contributed by atoms with Crippen molar-refractivity contribution in [1.82, 2.24) is 4.98 Å². The number of methoxy groups -OCH3 is 1. The third-order valence-electron chi connectivity index (χ3n) is 2.04. The van der Waals surface area contributed by atoms with E-state index in [9.17, 15) is 9.59 Å². The normalized spacial score (nSPS) is 11.9. The number of carbonyl (C=O) groups is 2. The average molecular weight is 224 g/mol. The van der Waals surface area contributed by atoms with E-state index in [2.05, 4.69) is 9.72 Å². The van der Waals surface area contributed by atoms with Crippen molar-refractivity contribution in [2.75, 3.05) is 7.11 Å². The van der Waals surface area contributed by atoms with Gasteiger partial charge in [0.25, 0.3) is 0 Å². The number of carbonyl (C=O) groups excluding carboxylic acids is 1. The lowest BCUT2D eigenvalue weighted by Crippen LogP contribution is -2.34. The van der Waals surface area contributed by atoms with Crippen LogP contribution in [0.4, 0.5) is 0 Å². The van der Waals surface area contributed by atoms with Crippen LogP contribution in [-0.4, -0.2) is 35.2 Å². The fraction of sp³-hybridized carbons (Fsp3) is 0.300. The van der Waals surface area contributed by atoms with Crippen molar-refractivity contribution in [2.45, 2.75) is 12.5 Å². The fourth-order valence-corrected chi connectivity index (χ4v) is 1.27. The van der Waals surface area contributed by atoms with Gasteiger partial charge < -0.3 is 15.6 Å². The standard InChI is InChI=1S/C10H12N2O4/c1-16-10(15)7(11)5-6-3-2-4-12-8(6)9(13)14/h2-4,7H,5,11H2,1H3,(H,13,14)/t7-/m1/s1. The second kappa shape index (κ2) is 5.22. The number of nitrogens with two attached hydrogens (primary N) is 1. The van der Waals surface area contributed by atoms with Gasteiger partial charge in [0, 0.05) is 12.6 Å². The van der Waals surface area contributed by atoms with E-state index in [0.717, 1.165) is 0 Å². The molecule has 0 fully saturated rings. The molecule has 1 aromatic heterocycles. The molecule has 0 saturated carbocycles. The molecule has 6 heteroatoms. The van der Waals surface area contributed by atoms with Gasteiger partial charge >= 0.3 is 11.9 Å². The molecule has 1 rings (SSSR count). The molecule has 0 spiro atoms. The minimum Gasteiger partial charge on any atom is -0.477 e. The van der Waals surface area contributed by atoms with Crippen LogP contribution in [0.15, 0.2) is 18.3 Å². The number of ether oxygens (including phenoxy) is 1. The van der Waals surface area contributed by atoms with Crippen molar-refractivity contribution in [2.24, 2.45) is 5.73 Å². The largest absolute Gasteiger partial charge is 0.477 e. The van der Waals surface area contributed by atoms with Crippen molar-refractivity contribution in [1.29, 1.82) is 0 Å². The highest BCUT2D eigenvalue weighted by atomic mass is 16.5. The van der Waals surface area contributed by atoms with E-state index in [0.29, 0.717) is 5.56 Å². The summed E-state index contributed by atoms with van der Waals surface area (Å²) in [5.74, 6) is -1.73. The Bertz CT molecular complexity index is 406. The Morgan fingerprint density at radius 1 is 1.62 bits per heavy atom. The molecular weight excluding hydrogens is 212 g/mol. The van der Waals surface area contributed by atoms with E-state index in [1.165, 1.54) is 13.3 Å². The Morgan fingerprint density at radius 3 is 2.88 bits per heavy atom. The highest BCUT2D eigenvalue weighted by Gasteiger charge is 2.18. The van der Waals surface area contributed by atoms with E-state index in [4.69, 9.17) is 10.8 Å². The molecule has 0 bridgehead atoms. The number of carboxylic acid groups (broad SMARTS) is 1. The zero-order chi connectivity index (χ0) is 12.1. The Balaban J connectivity index is 2.88. The molecule has 0 saturated heterocycles. The first-order valence-electron chi connectivity index (χ1n) is 4.57. The van der Waals surface area contributed by atoms with Gasteiger partial charge in [-0.15, -0.1) is 0 Å². The Hall–Kier alpha value is -1.95. The van der Waals surface area contributed by atoms with Crippen LogP contribution < -0.4 is 5.73 Å². The lowest BCUT2D eigenvalue weighted by Gasteiger charge is -2.10. The lowest BCUT2D eigenvalue weighted by atomic mass is 10.1. The average Bonchev–Trinajstić information content (AvgIpc) is 2.28. The summed E-state index contributed by atoms with van der Waals surface area (Å²) in [4.78, 5) is 25.6. The molecular formula is C10H12N2O4. The minimum absolute atomic E-state index is 0.0855. The lowest BCUT2D eigenvalue weighted by molar-refractivity contribution is -0.142. The molecule has 0 amide bonds. The van der Waals surface area contributed by atoms with E-state index in [1.807, 2.05) is 0 Å². The summed E-state index contributed by atoms with van der Waals surface area (Å²) in [5, 5.41) is 8.85. The number of rotatable bonds is 4. The summed E-state index contributed by atoms with van der Waals surface area (Å²) in [6.45, 7) is 0. The number of carboxylic acids is 1. The second-order valence-corrected chi connectivity index (χ2v) is 3.15. The zero-order valence-electron chi connectivity index (χ0n) is 8.71. The summed E-state index contributed by atoms with van der Waals surface area (Å²) in [7, 11) is 1.23. The van der Waals surface area contributed by atoms with Crippen molar-refractivity contribution in [3.05, 3.63) is 29.6 Å². The molecule has 1 aromatic rings.